The van der Waals surface area contributed by atoms with Crippen molar-refractivity contribution in [2.24, 2.45) is 0 Å². The zero-order chi connectivity index (χ0) is 13.8. The van der Waals surface area contributed by atoms with E-state index in [1.165, 1.54) is 0 Å². The van der Waals surface area contributed by atoms with Gasteiger partial charge in [-0.1, -0.05) is 54.1 Å². The Bertz CT molecular complexity index is 712. The molecule has 1 aromatic heterocycles. The Morgan fingerprint density at radius 1 is 0.950 bits per heavy atom. The van der Waals surface area contributed by atoms with E-state index in [4.69, 9.17) is 11.6 Å². The highest BCUT2D eigenvalue weighted by Crippen LogP contribution is 2.16. The number of aromatic nitrogens is 2. The minimum absolute atomic E-state index is 0.746. The summed E-state index contributed by atoms with van der Waals surface area (Å²) in [4.78, 5) is 4.40. The number of hydrogen-bond donors (Lipinski definition) is 0. The standard InChI is InChI=1S/C17H13ClN2/c18-16-8-6-14(7-9-16)10-11-20-12-17(19-13-20)15-4-2-1-3-5-15/h1-13H/b11-10+. The molecule has 0 saturated heterocycles. The van der Waals surface area contributed by atoms with Crippen molar-refractivity contribution in [1.82, 2.24) is 9.55 Å². The van der Waals surface area contributed by atoms with Crippen LogP contribution in [0.1, 0.15) is 5.56 Å². The average Bonchev–Trinajstić information content (AvgIpc) is 2.97. The fraction of sp³-hybridized carbons (Fsp3) is 0. The minimum Gasteiger partial charge on any atom is -0.312 e. The number of hydrogen-bond acceptors (Lipinski definition) is 1. The molecule has 0 bridgehead atoms. The van der Waals surface area contributed by atoms with Gasteiger partial charge in [0.05, 0.1) is 12.0 Å². The summed E-state index contributed by atoms with van der Waals surface area (Å²) in [5.41, 5.74) is 3.18. The van der Waals surface area contributed by atoms with Crippen molar-refractivity contribution in [2.75, 3.05) is 0 Å². The first-order chi connectivity index (χ1) is 9.81. The maximum Gasteiger partial charge on any atom is 0.0994 e. The largest absolute Gasteiger partial charge is 0.312 e. The summed E-state index contributed by atoms with van der Waals surface area (Å²) in [5.74, 6) is 0. The average molecular weight is 281 g/mol. The molecule has 0 aliphatic carbocycles. The molecule has 0 atom stereocenters. The second-order valence-electron chi connectivity index (χ2n) is 4.44. The van der Waals surface area contributed by atoms with E-state index in [1.54, 1.807) is 6.33 Å². The van der Waals surface area contributed by atoms with Crippen LogP contribution in [-0.4, -0.2) is 9.55 Å². The molecule has 0 aliphatic heterocycles. The lowest BCUT2D eigenvalue weighted by Crippen LogP contribution is -1.79. The number of halogens is 1. The molecule has 0 saturated carbocycles. The molecule has 3 rings (SSSR count). The van der Waals surface area contributed by atoms with Crippen molar-refractivity contribution in [3.05, 3.63) is 77.7 Å². The number of benzene rings is 2. The zero-order valence-electron chi connectivity index (χ0n) is 10.8. The molecule has 3 aromatic rings. The smallest absolute Gasteiger partial charge is 0.0994 e. The molecule has 0 amide bonds. The van der Waals surface area contributed by atoms with Crippen molar-refractivity contribution >= 4 is 23.9 Å². The Morgan fingerprint density at radius 3 is 2.45 bits per heavy atom. The lowest BCUT2D eigenvalue weighted by Gasteiger charge is -1.95. The second kappa shape index (κ2) is 5.76. The van der Waals surface area contributed by atoms with E-state index in [0.717, 1.165) is 21.8 Å². The van der Waals surface area contributed by atoms with Crippen LogP contribution in [0.4, 0.5) is 0 Å². The first-order valence-electron chi connectivity index (χ1n) is 6.34. The zero-order valence-corrected chi connectivity index (χ0v) is 11.5. The van der Waals surface area contributed by atoms with E-state index in [9.17, 15) is 0 Å². The molecular weight excluding hydrogens is 268 g/mol. The van der Waals surface area contributed by atoms with Crippen molar-refractivity contribution in [3.63, 3.8) is 0 Å². The van der Waals surface area contributed by atoms with Gasteiger partial charge in [-0.15, -0.1) is 0 Å². The van der Waals surface area contributed by atoms with Crippen LogP contribution in [0.3, 0.4) is 0 Å². The molecule has 0 fully saturated rings. The van der Waals surface area contributed by atoms with Crippen LogP contribution in [0.15, 0.2) is 67.1 Å². The van der Waals surface area contributed by atoms with Gasteiger partial charge in [-0.3, -0.25) is 0 Å². The van der Waals surface area contributed by atoms with E-state index >= 15 is 0 Å². The summed E-state index contributed by atoms with van der Waals surface area (Å²) >= 11 is 5.86. The third-order valence-electron chi connectivity index (χ3n) is 2.98. The SMILES string of the molecule is Clc1ccc(/C=C/n2cnc(-c3ccccc3)c2)cc1. The van der Waals surface area contributed by atoms with Gasteiger partial charge >= 0.3 is 0 Å². The molecule has 0 N–H and O–H groups in total. The van der Waals surface area contributed by atoms with Crippen molar-refractivity contribution in [2.45, 2.75) is 0 Å². The van der Waals surface area contributed by atoms with Gasteiger partial charge in [-0.05, 0) is 23.8 Å². The normalized spacial score (nSPS) is 11.1. The predicted molar refractivity (Wildman–Crippen MR) is 84.3 cm³/mol. The maximum atomic E-state index is 5.86. The van der Waals surface area contributed by atoms with E-state index in [1.807, 2.05) is 65.5 Å². The maximum absolute atomic E-state index is 5.86. The summed E-state index contributed by atoms with van der Waals surface area (Å²) in [5, 5.41) is 0.746. The van der Waals surface area contributed by atoms with Crippen LogP contribution < -0.4 is 0 Å². The van der Waals surface area contributed by atoms with Gasteiger partial charge in [-0.2, -0.15) is 0 Å². The molecule has 0 unspecified atom stereocenters. The predicted octanol–water partition coefficient (Wildman–Crippen LogP) is 4.83. The van der Waals surface area contributed by atoms with Crippen LogP contribution in [0.5, 0.6) is 0 Å². The Kier molecular flexibility index (Phi) is 3.66. The van der Waals surface area contributed by atoms with Crippen molar-refractivity contribution < 1.29 is 0 Å². The fourth-order valence-corrected chi connectivity index (χ4v) is 2.05. The highest BCUT2D eigenvalue weighted by molar-refractivity contribution is 6.30. The summed E-state index contributed by atoms with van der Waals surface area (Å²) in [7, 11) is 0. The van der Waals surface area contributed by atoms with Crippen molar-refractivity contribution in [1.29, 1.82) is 0 Å². The third-order valence-corrected chi connectivity index (χ3v) is 3.23. The Labute approximate surface area is 123 Å². The van der Waals surface area contributed by atoms with Gasteiger partial charge in [0.15, 0.2) is 0 Å². The molecule has 20 heavy (non-hydrogen) atoms. The number of nitrogens with zero attached hydrogens (tertiary/aromatic N) is 2. The molecule has 2 nitrogen and oxygen atoms in total. The third kappa shape index (κ3) is 2.98. The highest BCUT2D eigenvalue weighted by Gasteiger charge is 1.99. The first-order valence-corrected chi connectivity index (χ1v) is 6.72. The quantitative estimate of drug-likeness (QED) is 0.672. The molecule has 2 aromatic carbocycles. The van der Waals surface area contributed by atoms with E-state index < -0.39 is 0 Å². The van der Waals surface area contributed by atoms with E-state index in [-0.39, 0.29) is 0 Å². The first kappa shape index (κ1) is 12.7. The molecule has 3 heteroatoms. The molecule has 1 heterocycles. The van der Waals surface area contributed by atoms with Gasteiger partial charge in [0, 0.05) is 23.0 Å². The molecule has 0 aliphatic rings. The van der Waals surface area contributed by atoms with Crippen LogP contribution in [-0.2, 0) is 0 Å². The Balaban J connectivity index is 1.79. The van der Waals surface area contributed by atoms with E-state index in [2.05, 4.69) is 17.1 Å². The summed E-state index contributed by atoms with van der Waals surface area (Å²) < 4.78 is 1.94. The number of rotatable bonds is 3. The minimum atomic E-state index is 0.746. The van der Waals surface area contributed by atoms with Gasteiger partial charge in [0.1, 0.15) is 0 Å². The van der Waals surface area contributed by atoms with Gasteiger partial charge < -0.3 is 4.57 Å². The van der Waals surface area contributed by atoms with Crippen LogP contribution in [0.25, 0.3) is 23.5 Å². The molecule has 0 radical (unpaired) electrons. The summed E-state index contributed by atoms with van der Waals surface area (Å²) in [6.07, 6.45) is 7.80. The van der Waals surface area contributed by atoms with Gasteiger partial charge in [0.2, 0.25) is 0 Å². The van der Waals surface area contributed by atoms with Crippen LogP contribution >= 0.6 is 11.6 Å². The van der Waals surface area contributed by atoms with Crippen molar-refractivity contribution in [3.8, 4) is 11.3 Å². The monoisotopic (exact) mass is 280 g/mol. The molecule has 98 valence electrons. The van der Waals surface area contributed by atoms with Gasteiger partial charge in [0.25, 0.3) is 0 Å². The van der Waals surface area contributed by atoms with Crippen LogP contribution in [0, 0.1) is 0 Å². The van der Waals surface area contributed by atoms with Gasteiger partial charge in [-0.25, -0.2) is 4.98 Å². The molecule has 0 spiro atoms. The number of imidazole rings is 1. The lowest BCUT2D eigenvalue weighted by molar-refractivity contribution is 1.14. The highest BCUT2D eigenvalue weighted by atomic mass is 35.5. The Morgan fingerprint density at radius 2 is 1.70 bits per heavy atom. The topological polar surface area (TPSA) is 17.8 Å². The van der Waals surface area contributed by atoms with Crippen LogP contribution in [0.2, 0.25) is 5.02 Å². The fourth-order valence-electron chi connectivity index (χ4n) is 1.92. The second-order valence-corrected chi connectivity index (χ2v) is 4.88. The molecular formula is C17H13ClN2. The Hall–Kier alpha value is -2.32. The summed E-state index contributed by atoms with van der Waals surface area (Å²) in [6, 6.07) is 17.8. The van der Waals surface area contributed by atoms with E-state index in [0.29, 0.717) is 0 Å². The lowest BCUT2D eigenvalue weighted by atomic mass is 10.2. The summed E-state index contributed by atoms with van der Waals surface area (Å²) in [6.45, 7) is 0.